The van der Waals surface area contributed by atoms with Crippen molar-refractivity contribution in [1.82, 2.24) is 5.32 Å². The second-order valence-electron chi connectivity index (χ2n) is 5.85. The van der Waals surface area contributed by atoms with E-state index in [-0.39, 0.29) is 0 Å². The summed E-state index contributed by atoms with van der Waals surface area (Å²) in [6, 6.07) is 6.48. The van der Waals surface area contributed by atoms with Gasteiger partial charge in [0.1, 0.15) is 13.2 Å². The van der Waals surface area contributed by atoms with Crippen LogP contribution in [0.25, 0.3) is 0 Å². The van der Waals surface area contributed by atoms with Crippen molar-refractivity contribution in [3.63, 3.8) is 0 Å². The van der Waals surface area contributed by atoms with Crippen molar-refractivity contribution in [3.8, 4) is 11.5 Å². The first kappa shape index (κ1) is 12.8. The highest BCUT2D eigenvalue weighted by Crippen LogP contribution is 2.50. The molecule has 1 fully saturated rings. The molecule has 104 valence electrons. The van der Waals surface area contributed by atoms with Gasteiger partial charge in [-0.3, -0.25) is 0 Å². The third-order valence-corrected chi connectivity index (χ3v) is 4.61. The van der Waals surface area contributed by atoms with Crippen LogP contribution < -0.4 is 14.8 Å². The predicted molar refractivity (Wildman–Crippen MR) is 76.1 cm³/mol. The summed E-state index contributed by atoms with van der Waals surface area (Å²) in [5.74, 6) is 2.68. The molecule has 3 rings (SSSR count). The predicted octanol–water partition coefficient (Wildman–Crippen LogP) is 2.74. The first-order valence-corrected chi connectivity index (χ1v) is 7.32. The molecule has 2 aliphatic rings. The van der Waals surface area contributed by atoms with Crippen LogP contribution in [-0.2, 0) is 5.41 Å². The van der Waals surface area contributed by atoms with Crippen molar-refractivity contribution >= 4 is 0 Å². The Kier molecular flexibility index (Phi) is 3.40. The Labute approximate surface area is 115 Å². The molecule has 0 amide bonds. The Morgan fingerprint density at radius 1 is 1.21 bits per heavy atom. The molecule has 3 heteroatoms. The molecule has 0 radical (unpaired) electrons. The van der Waals surface area contributed by atoms with E-state index in [0.717, 1.165) is 24.0 Å². The molecule has 1 heterocycles. The molecule has 1 N–H and O–H groups in total. The van der Waals surface area contributed by atoms with Crippen molar-refractivity contribution < 1.29 is 9.47 Å². The van der Waals surface area contributed by atoms with Crippen LogP contribution in [0.1, 0.15) is 31.7 Å². The number of hydrogen-bond donors (Lipinski definition) is 1. The van der Waals surface area contributed by atoms with E-state index in [2.05, 4.69) is 30.4 Å². The van der Waals surface area contributed by atoms with E-state index in [4.69, 9.17) is 9.47 Å². The van der Waals surface area contributed by atoms with Crippen molar-refractivity contribution in [2.45, 2.75) is 31.6 Å². The Morgan fingerprint density at radius 3 is 2.63 bits per heavy atom. The lowest BCUT2D eigenvalue weighted by molar-refractivity contribution is 0.134. The van der Waals surface area contributed by atoms with Gasteiger partial charge in [0, 0.05) is 12.0 Å². The number of likely N-dealkylation sites (N-methyl/N-ethyl adjacent to an activating group) is 1. The zero-order valence-electron chi connectivity index (χ0n) is 11.9. The van der Waals surface area contributed by atoms with Crippen molar-refractivity contribution in [2.24, 2.45) is 5.92 Å². The Balaban J connectivity index is 1.87. The monoisotopic (exact) mass is 261 g/mol. The van der Waals surface area contributed by atoms with Gasteiger partial charge in [0.05, 0.1) is 0 Å². The number of nitrogens with one attached hydrogen (secondary N) is 1. The first-order valence-electron chi connectivity index (χ1n) is 7.32. The van der Waals surface area contributed by atoms with Gasteiger partial charge in [-0.2, -0.15) is 0 Å². The summed E-state index contributed by atoms with van der Waals surface area (Å²) in [6.07, 6.45) is 3.85. The number of benzene rings is 1. The highest BCUT2D eigenvalue weighted by Gasteiger charge is 2.44. The van der Waals surface area contributed by atoms with E-state index in [1.54, 1.807) is 0 Å². The van der Waals surface area contributed by atoms with Gasteiger partial charge in [-0.05, 0) is 43.5 Å². The highest BCUT2D eigenvalue weighted by atomic mass is 16.6. The van der Waals surface area contributed by atoms with Gasteiger partial charge in [0.15, 0.2) is 11.5 Å². The fraction of sp³-hybridized carbons (Fsp3) is 0.625. The topological polar surface area (TPSA) is 30.5 Å². The SMILES string of the molecule is CCC1CC(CNC)(c2ccc3c(c2)OCCO3)C1. The van der Waals surface area contributed by atoms with Gasteiger partial charge < -0.3 is 14.8 Å². The summed E-state index contributed by atoms with van der Waals surface area (Å²) in [4.78, 5) is 0. The second kappa shape index (κ2) is 5.04. The fourth-order valence-corrected chi connectivity index (χ4v) is 3.53. The lowest BCUT2D eigenvalue weighted by atomic mass is 9.58. The van der Waals surface area contributed by atoms with Crippen LogP contribution in [0.4, 0.5) is 0 Å². The van der Waals surface area contributed by atoms with Crippen LogP contribution in [0.15, 0.2) is 18.2 Å². The summed E-state index contributed by atoms with van der Waals surface area (Å²) >= 11 is 0. The number of ether oxygens (including phenoxy) is 2. The van der Waals surface area contributed by atoms with Crippen LogP contribution in [0.3, 0.4) is 0 Å². The Bertz CT molecular complexity index is 452. The molecule has 0 bridgehead atoms. The van der Waals surface area contributed by atoms with Gasteiger partial charge in [-0.25, -0.2) is 0 Å². The zero-order valence-corrected chi connectivity index (χ0v) is 11.9. The molecule has 0 atom stereocenters. The zero-order chi connectivity index (χ0) is 13.3. The van der Waals surface area contributed by atoms with Crippen LogP contribution in [0.5, 0.6) is 11.5 Å². The van der Waals surface area contributed by atoms with Crippen molar-refractivity contribution in [2.75, 3.05) is 26.8 Å². The largest absolute Gasteiger partial charge is 0.486 e. The average molecular weight is 261 g/mol. The minimum absolute atomic E-state index is 0.297. The smallest absolute Gasteiger partial charge is 0.161 e. The quantitative estimate of drug-likeness (QED) is 0.904. The Hall–Kier alpha value is -1.22. The highest BCUT2D eigenvalue weighted by molar-refractivity contribution is 5.47. The lowest BCUT2D eigenvalue weighted by Gasteiger charge is -2.48. The van der Waals surface area contributed by atoms with Gasteiger partial charge in [-0.1, -0.05) is 19.4 Å². The van der Waals surface area contributed by atoms with Crippen LogP contribution in [0.2, 0.25) is 0 Å². The number of fused-ring (bicyclic) bond motifs is 1. The van der Waals surface area contributed by atoms with E-state index >= 15 is 0 Å². The van der Waals surface area contributed by atoms with E-state index < -0.39 is 0 Å². The first-order chi connectivity index (χ1) is 9.27. The van der Waals surface area contributed by atoms with E-state index in [9.17, 15) is 0 Å². The van der Waals surface area contributed by atoms with Crippen LogP contribution in [-0.4, -0.2) is 26.8 Å². The summed E-state index contributed by atoms with van der Waals surface area (Å²) in [7, 11) is 2.04. The molecular weight excluding hydrogens is 238 g/mol. The third-order valence-electron chi connectivity index (χ3n) is 4.61. The summed E-state index contributed by atoms with van der Waals surface area (Å²) in [5.41, 5.74) is 1.70. The molecule has 1 aromatic rings. The minimum atomic E-state index is 0.297. The molecule has 3 nitrogen and oxygen atoms in total. The molecule has 1 saturated carbocycles. The fourth-order valence-electron chi connectivity index (χ4n) is 3.53. The number of rotatable bonds is 4. The molecule has 0 spiro atoms. The van der Waals surface area contributed by atoms with E-state index in [1.807, 2.05) is 7.05 Å². The lowest BCUT2D eigenvalue weighted by Crippen LogP contribution is -2.47. The van der Waals surface area contributed by atoms with E-state index in [0.29, 0.717) is 18.6 Å². The third kappa shape index (κ3) is 2.20. The standard InChI is InChI=1S/C16H23NO2/c1-3-12-9-16(10-12,11-17-2)13-4-5-14-15(8-13)19-7-6-18-14/h4-5,8,12,17H,3,6-7,9-11H2,1-2H3. The Morgan fingerprint density at radius 2 is 1.95 bits per heavy atom. The maximum Gasteiger partial charge on any atom is 0.161 e. The molecule has 0 aromatic heterocycles. The molecule has 0 saturated heterocycles. The molecule has 19 heavy (non-hydrogen) atoms. The number of hydrogen-bond acceptors (Lipinski definition) is 3. The molecule has 0 unspecified atom stereocenters. The minimum Gasteiger partial charge on any atom is -0.486 e. The maximum atomic E-state index is 5.71. The average Bonchev–Trinajstić information content (AvgIpc) is 2.42. The normalized spacial score (nSPS) is 28.8. The van der Waals surface area contributed by atoms with Crippen LogP contribution >= 0.6 is 0 Å². The van der Waals surface area contributed by atoms with Crippen molar-refractivity contribution in [1.29, 1.82) is 0 Å². The molecule has 1 aliphatic heterocycles. The summed E-state index contributed by atoms with van der Waals surface area (Å²) in [5, 5.41) is 3.36. The molecule has 1 aromatic carbocycles. The van der Waals surface area contributed by atoms with E-state index in [1.165, 1.54) is 24.8 Å². The second-order valence-corrected chi connectivity index (χ2v) is 5.85. The van der Waals surface area contributed by atoms with Gasteiger partial charge >= 0.3 is 0 Å². The molecular formula is C16H23NO2. The van der Waals surface area contributed by atoms with Gasteiger partial charge in [0.25, 0.3) is 0 Å². The summed E-state index contributed by atoms with van der Waals surface area (Å²) < 4.78 is 11.3. The maximum absolute atomic E-state index is 5.71. The molecule has 1 aliphatic carbocycles. The van der Waals surface area contributed by atoms with Gasteiger partial charge in [0.2, 0.25) is 0 Å². The van der Waals surface area contributed by atoms with Crippen molar-refractivity contribution in [3.05, 3.63) is 23.8 Å². The van der Waals surface area contributed by atoms with Gasteiger partial charge in [-0.15, -0.1) is 0 Å². The van der Waals surface area contributed by atoms with Crippen LogP contribution in [0, 0.1) is 5.92 Å². The summed E-state index contributed by atoms with van der Waals surface area (Å²) in [6.45, 7) is 4.65.